The highest BCUT2D eigenvalue weighted by Crippen LogP contribution is 2.32. The minimum absolute atomic E-state index is 0.0417. The molecule has 5 nitrogen and oxygen atoms in total. The first-order chi connectivity index (χ1) is 8.02. The summed E-state index contributed by atoms with van der Waals surface area (Å²) in [5.74, 6) is -4.23. The van der Waals surface area contributed by atoms with E-state index in [1.807, 2.05) is 0 Å². The molecule has 0 heterocycles. The van der Waals surface area contributed by atoms with Gasteiger partial charge in [-0.15, -0.1) is 0 Å². The Hall–Kier alpha value is -2.11. The van der Waals surface area contributed by atoms with Gasteiger partial charge in [0.2, 0.25) is 0 Å². The molecule has 0 aromatic heterocycles. The summed E-state index contributed by atoms with van der Waals surface area (Å²) in [7, 11) is 1.15. The molecule has 17 heavy (non-hydrogen) atoms. The topological polar surface area (TPSA) is 72.8 Å². The van der Waals surface area contributed by atoms with E-state index in [4.69, 9.17) is 0 Å². The molecule has 0 atom stereocenters. The number of ether oxygens (including phenoxy) is 2. The largest absolute Gasteiger partial charge is 0.502 e. The van der Waals surface area contributed by atoms with E-state index in [-0.39, 0.29) is 17.9 Å². The van der Waals surface area contributed by atoms with Crippen molar-refractivity contribution in [2.24, 2.45) is 0 Å². The minimum Gasteiger partial charge on any atom is -0.502 e. The van der Waals surface area contributed by atoms with Gasteiger partial charge in [-0.1, -0.05) is 0 Å². The van der Waals surface area contributed by atoms with Crippen molar-refractivity contribution in [1.82, 2.24) is 0 Å². The van der Waals surface area contributed by atoms with Gasteiger partial charge in [-0.2, -0.15) is 0 Å². The standard InChI is InChI=1S/C11H11FO5/c1-3-17-11(15)8(13)6-4-5-7(12)9(14)10(6)16-2/h4-5,14H,3H2,1-2H3. The summed E-state index contributed by atoms with van der Waals surface area (Å²) in [6.45, 7) is 1.59. The van der Waals surface area contributed by atoms with Crippen LogP contribution < -0.4 is 4.74 Å². The van der Waals surface area contributed by atoms with Gasteiger partial charge in [-0.25, -0.2) is 9.18 Å². The molecule has 0 saturated carbocycles. The highest BCUT2D eigenvalue weighted by molar-refractivity contribution is 6.41. The van der Waals surface area contributed by atoms with Crippen molar-refractivity contribution in [3.63, 3.8) is 0 Å². The Kier molecular flexibility index (Phi) is 4.03. The number of aromatic hydroxyl groups is 1. The van der Waals surface area contributed by atoms with Crippen molar-refractivity contribution in [3.05, 3.63) is 23.5 Å². The molecule has 6 heteroatoms. The molecular formula is C11H11FO5. The van der Waals surface area contributed by atoms with Crippen LogP contribution in [0.1, 0.15) is 17.3 Å². The molecule has 1 aromatic carbocycles. The van der Waals surface area contributed by atoms with Gasteiger partial charge in [0.25, 0.3) is 5.78 Å². The van der Waals surface area contributed by atoms with Gasteiger partial charge in [0.15, 0.2) is 17.3 Å². The van der Waals surface area contributed by atoms with E-state index in [9.17, 15) is 19.1 Å². The van der Waals surface area contributed by atoms with Crippen LogP contribution in [0.4, 0.5) is 4.39 Å². The van der Waals surface area contributed by atoms with Crippen LogP contribution in [0.5, 0.6) is 11.5 Å². The third-order valence-corrected chi connectivity index (χ3v) is 1.99. The SMILES string of the molecule is CCOC(=O)C(=O)c1ccc(F)c(O)c1OC. The second-order valence-electron chi connectivity index (χ2n) is 3.03. The molecule has 0 spiro atoms. The van der Waals surface area contributed by atoms with E-state index < -0.39 is 23.3 Å². The molecule has 0 radical (unpaired) electrons. The molecule has 0 saturated heterocycles. The van der Waals surface area contributed by atoms with Crippen LogP contribution in [0, 0.1) is 5.82 Å². The number of hydrogen-bond donors (Lipinski definition) is 1. The number of benzene rings is 1. The molecule has 1 aromatic rings. The van der Waals surface area contributed by atoms with E-state index in [1.165, 1.54) is 0 Å². The highest BCUT2D eigenvalue weighted by atomic mass is 19.1. The fraction of sp³-hybridized carbons (Fsp3) is 0.273. The molecule has 92 valence electrons. The molecule has 0 aliphatic heterocycles. The Morgan fingerprint density at radius 2 is 2.06 bits per heavy atom. The zero-order valence-corrected chi connectivity index (χ0v) is 9.32. The lowest BCUT2D eigenvalue weighted by Crippen LogP contribution is -2.18. The molecule has 0 bridgehead atoms. The maximum absolute atomic E-state index is 13.0. The highest BCUT2D eigenvalue weighted by Gasteiger charge is 2.25. The summed E-state index contributed by atoms with van der Waals surface area (Å²) in [5, 5.41) is 9.33. The lowest BCUT2D eigenvalue weighted by atomic mass is 10.1. The van der Waals surface area contributed by atoms with Crippen molar-refractivity contribution in [3.8, 4) is 11.5 Å². The zero-order chi connectivity index (χ0) is 13.0. The molecule has 0 aliphatic rings. The predicted octanol–water partition coefficient (Wildman–Crippen LogP) is 1.29. The van der Waals surface area contributed by atoms with E-state index in [0.717, 1.165) is 19.2 Å². The van der Waals surface area contributed by atoms with Gasteiger partial charge in [0, 0.05) is 0 Å². The predicted molar refractivity (Wildman–Crippen MR) is 55.6 cm³/mol. The summed E-state index contributed by atoms with van der Waals surface area (Å²) in [6, 6.07) is 1.91. The molecular weight excluding hydrogens is 231 g/mol. The maximum atomic E-state index is 13.0. The van der Waals surface area contributed by atoms with E-state index in [0.29, 0.717) is 0 Å². The van der Waals surface area contributed by atoms with E-state index in [1.54, 1.807) is 6.92 Å². The third kappa shape index (κ3) is 2.52. The number of halogens is 1. The Balaban J connectivity index is 3.18. The lowest BCUT2D eigenvalue weighted by Gasteiger charge is -2.09. The number of Topliss-reactive ketones (excluding diaryl/α,β-unsaturated/α-hetero) is 1. The van der Waals surface area contributed by atoms with Gasteiger partial charge >= 0.3 is 5.97 Å². The van der Waals surface area contributed by atoms with Gasteiger partial charge < -0.3 is 14.6 Å². The number of methoxy groups -OCH3 is 1. The van der Waals surface area contributed by atoms with Gasteiger partial charge in [-0.3, -0.25) is 4.79 Å². The Bertz CT molecular complexity index is 455. The number of hydrogen-bond acceptors (Lipinski definition) is 5. The normalized spacial score (nSPS) is 9.82. The van der Waals surface area contributed by atoms with Gasteiger partial charge in [0.1, 0.15) is 0 Å². The first kappa shape index (κ1) is 13.0. The molecule has 1 rings (SSSR count). The summed E-state index contributed by atoms with van der Waals surface area (Å²) in [4.78, 5) is 22.8. The Labute approximate surface area is 96.8 Å². The summed E-state index contributed by atoms with van der Waals surface area (Å²) in [5.41, 5.74) is -0.246. The number of phenolic OH excluding ortho intramolecular Hbond substituents is 1. The van der Waals surface area contributed by atoms with Crippen molar-refractivity contribution in [1.29, 1.82) is 0 Å². The zero-order valence-electron chi connectivity index (χ0n) is 9.32. The molecule has 0 aliphatic carbocycles. The van der Waals surface area contributed by atoms with Crippen LogP contribution in [-0.4, -0.2) is 30.6 Å². The molecule has 1 N–H and O–H groups in total. The first-order valence-electron chi connectivity index (χ1n) is 4.79. The van der Waals surface area contributed by atoms with Crippen molar-refractivity contribution in [2.45, 2.75) is 6.92 Å². The lowest BCUT2D eigenvalue weighted by molar-refractivity contribution is -0.137. The Morgan fingerprint density at radius 1 is 1.41 bits per heavy atom. The number of esters is 1. The average molecular weight is 242 g/mol. The second-order valence-corrected chi connectivity index (χ2v) is 3.03. The van der Waals surface area contributed by atoms with Gasteiger partial charge in [-0.05, 0) is 19.1 Å². The third-order valence-electron chi connectivity index (χ3n) is 1.99. The summed E-state index contributed by atoms with van der Waals surface area (Å²) in [6.07, 6.45) is 0. The summed E-state index contributed by atoms with van der Waals surface area (Å²) >= 11 is 0. The average Bonchev–Trinajstić information content (AvgIpc) is 2.31. The van der Waals surface area contributed by atoms with Crippen molar-refractivity contribution >= 4 is 11.8 Å². The van der Waals surface area contributed by atoms with Crippen LogP contribution in [0.3, 0.4) is 0 Å². The number of ketones is 1. The van der Waals surface area contributed by atoms with E-state index in [2.05, 4.69) is 9.47 Å². The quantitative estimate of drug-likeness (QED) is 0.489. The summed E-state index contributed by atoms with van der Waals surface area (Å²) < 4.78 is 22.2. The van der Waals surface area contributed by atoms with Crippen LogP contribution in [0.2, 0.25) is 0 Å². The van der Waals surface area contributed by atoms with Crippen LogP contribution >= 0.6 is 0 Å². The second kappa shape index (κ2) is 5.29. The Morgan fingerprint density at radius 3 is 2.59 bits per heavy atom. The maximum Gasteiger partial charge on any atom is 0.379 e. The molecule has 0 amide bonds. The van der Waals surface area contributed by atoms with Crippen LogP contribution in [0.15, 0.2) is 12.1 Å². The molecule has 0 unspecified atom stereocenters. The van der Waals surface area contributed by atoms with E-state index >= 15 is 0 Å². The number of carbonyl (C=O) groups is 2. The fourth-order valence-corrected chi connectivity index (χ4v) is 1.24. The monoisotopic (exact) mass is 242 g/mol. The number of carbonyl (C=O) groups excluding carboxylic acids is 2. The van der Waals surface area contributed by atoms with Gasteiger partial charge in [0.05, 0.1) is 19.3 Å². The molecule has 0 fully saturated rings. The van der Waals surface area contributed by atoms with Crippen molar-refractivity contribution < 1.29 is 28.6 Å². The minimum atomic E-state index is -1.09. The first-order valence-corrected chi connectivity index (χ1v) is 4.79. The number of phenols is 1. The fourth-order valence-electron chi connectivity index (χ4n) is 1.24. The smallest absolute Gasteiger partial charge is 0.379 e. The van der Waals surface area contributed by atoms with Crippen LogP contribution in [0.25, 0.3) is 0 Å². The van der Waals surface area contributed by atoms with Crippen LogP contribution in [-0.2, 0) is 9.53 Å². The van der Waals surface area contributed by atoms with Crippen molar-refractivity contribution in [2.75, 3.05) is 13.7 Å². The number of rotatable bonds is 4.